The van der Waals surface area contributed by atoms with E-state index >= 15 is 0 Å². The van der Waals surface area contributed by atoms with Crippen LogP contribution in [0, 0.1) is 0 Å². The van der Waals surface area contributed by atoms with Crippen LogP contribution in [0.4, 0.5) is 0 Å². The van der Waals surface area contributed by atoms with Crippen LogP contribution in [0.5, 0.6) is 5.75 Å². The highest BCUT2D eigenvalue weighted by Gasteiger charge is 2.19. The SMILES string of the molecule is CCOc1cc(Cl)c(C(N)c2sccc2Cl)cc1Cl. The minimum atomic E-state index is -0.395. The largest absolute Gasteiger partial charge is 0.492 e. The molecule has 0 radical (unpaired) electrons. The Labute approximate surface area is 131 Å². The molecule has 0 saturated heterocycles. The Bertz CT molecular complexity index is 585. The minimum absolute atomic E-state index is 0.395. The van der Waals surface area contributed by atoms with Crippen LogP contribution in [0.25, 0.3) is 0 Å². The van der Waals surface area contributed by atoms with Gasteiger partial charge in [0.15, 0.2) is 0 Å². The predicted octanol–water partition coefficient (Wildman–Crippen LogP) is 5.16. The summed E-state index contributed by atoms with van der Waals surface area (Å²) < 4.78 is 5.39. The number of halogens is 3. The van der Waals surface area contributed by atoms with E-state index in [4.69, 9.17) is 45.3 Å². The number of thiophene rings is 1. The summed E-state index contributed by atoms with van der Waals surface area (Å²) in [5.41, 5.74) is 6.93. The molecule has 6 heteroatoms. The standard InChI is InChI=1S/C13H12Cl3NOS/c1-2-18-11-6-9(15)7(5-10(11)16)12(17)13-8(14)3-4-19-13/h3-6,12H,2,17H2,1H3. The van der Waals surface area contributed by atoms with Crippen molar-refractivity contribution in [3.05, 3.63) is 49.1 Å². The third-order valence-corrected chi connectivity index (χ3v) is 4.68. The second-order valence-corrected chi connectivity index (χ2v) is 6.02. The van der Waals surface area contributed by atoms with Gasteiger partial charge in [-0.25, -0.2) is 0 Å². The Morgan fingerprint density at radius 3 is 2.53 bits per heavy atom. The van der Waals surface area contributed by atoms with E-state index in [9.17, 15) is 0 Å². The second kappa shape index (κ2) is 6.33. The zero-order valence-corrected chi connectivity index (χ0v) is 13.2. The molecule has 0 amide bonds. The monoisotopic (exact) mass is 335 g/mol. The van der Waals surface area contributed by atoms with Gasteiger partial charge in [0.1, 0.15) is 5.75 Å². The summed E-state index contributed by atoms with van der Waals surface area (Å²) in [6, 6.07) is 4.83. The lowest BCUT2D eigenvalue weighted by atomic mass is 10.1. The second-order valence-electron chi connectivity index (χ2n) is 3.85. The summed E-state index contributed by atoms with van der Waals surface area (Å²) in [7, 11) is 0. The average Bonchev–Trinajstić information content (AvgIpc) is 2.79. The van der Waals surface area contributed by atoms with E-state index < -0.39 is 6.04 Å². The molecule has 1 atom stereocenters. The number of hydrogen-bond donors (Lipinski definition) is 1. The first-order valence-electron chi connectivity index (χ1n) is 5.64. The molecule has 2 N–H and O–H groups in total. The third-order valence-electron chi connectivity index (χ3n) is 2.61. The fraction of sp³-hybridized carbons (Fsp3) is 0.231. The van der Waals surface area contributed by atoms with E-state index in [1.165, 1.54) is 11.3 Å². The molecule has 2 rings (SSSR count). The number of rotatable bonds is 4. The third kappa shape index (κ3) is 3.18. The quantitative estimate of drug-likeness (QED) is 0.837. The minimum Gasteiger partial charge on any atom is -0.492 e. The van der Waals surface area contributed by atoms with Crippen LogP contribution >= 0.6 is 46.1 Å². The van der Waals surface area contributed by atoms with Crippen LogP contribution in [0.2, 0.25) is 15.1 Å². The highest BCUT2D eigenvalue weighted by Crippen LogP contribution is 2.38. The molecule has 1 heterocycles. The van der Waals surface area contributed by atoms with Crippen LogP contribution in [0.15, 0.2) is 23.6 Å². The summed E-state index contributed by atoms with van der Waals surface area (Å²) in [5, 5.41) is 3.54. The van der Waals surface area contributed by atoms with Crippen molar-refractivity contribution < 1.29 is 4.74 Å². The van der Waals surface area contributed by atoms with Crippen LogP contribution in [0.3, 0.4) is 0 Å². The average molecular weight is 337 g/mol. The van der Waals surface area contributed by atoms with Gasteiger partial charge in [0.05, 0.1) is 22.7 Å². The maximum atomic E-state index is 6.24. The lowest BCUT2D eigenvalue weighted by Crippen LogP contribution is -2.11. The van der Waals surface area contributed by atoms with Crippen LogP contribution < -0.4 is 10.5 Å². The van der Waals surface area contributed by atoms with Crippen molar-refractivity contribution >= 4 is 46.1 Å². The van der Waals surface area contributed by atoms with Gasteiger partial charge in [-0.3, -0.25) is 0 Å². The van der Waals surface area contributed by atoms with Crippen molar-refractivity contribution in [2.75, 3.05) is 6.61 Å². The van der Waals surface area contributed by atoms with E-state index in [0.29, 0.717) is 27.4 Å². The van der Waals surface area contributed by atoms with Crippen LogP contribution in [-0.2, 0) is 0 Å². The molecule has 0 bridgehead atoms. The topological polar surface area (TPSA) is 35.2 Å². The first kappa shape index (κ1) is 14.9. The van der Waals surface area contributed by atoms with Gasteiger partial charge in [-0.1, -0.05) is 34.8 Å². The van der Waals surface area contributed by atoms with Crippen molar-refractivity contribution in [1.82, 2.24) is 0 Å². The number of nitrogens with two attached hydrogens (primary N) is 1. The maximum Gasteiger partial charge on any atom is 0.139 e. The van der Waals surface area contributed by atoms with Gasteiger partial charge in [-0.2, -0.15) is 0 Å². The van der Waals surface area contributed by atoms with E-state index in [1.54, 1.807) is 12.1 Å². The fourth-order valence-electron chi connectivity index (χ4n) is 1.72. The smallest absolute Gasteiger partial charge is 0.139 e. The van der Waals surface area contributed by atoms with Crippen molar-refractivity contribution in [2.45, 2.75) is 13.0 Å². The molecule has 19 heavy (non-hydrogen) atoms. The van der Waals surface area contributed by atoms with Gasteiger partial charge >= 0.3 is 0 Å². The summed E-state index contributed by atoms with van der Waals surface area (Å²) in [5.74, 6) is 0.558. The summed E-state index contributed by atoms with van der Waals surface area (Å²) in [4.78, 5) is 0.865. The first-order chi connectivity index (χ1) is 9.04. The molecule has 1 aromatic carbocycles. The molecular weight excluding hydrogens is 325 g/mol. The predicted molar refractivity (Wildman–Crippen MR) is 83.0 cm³/mol. The lowest BCUT2D eigenvalue weighted by molar-refractivity contribution is 0.340. The molecule has 0 saturated carbocycles. The Balaban J connectivity index is 2.40. The first-order valence-corrected chi connectivity index (χ1v) is 7.66. The number of benzene rings is 1. The molecule has 1 unspecified atom stereocenters. The van der Waals surface area contributed by atoms with Crippen molar-refractivity contribution in [3.8, 4) is 5.75 Å². The fourth-order valence-corrected chi connectivity index (χ4v) is 3.41. The van der Waals surface area contributed by atoms with Gasteiger partial charge in [0, 0.05) is 16.0 Å². The molecule has 2 aromatic rings. The van der Waals surface area contributed by atoms with Gasteiger partial charge in [0.2, 0.25) is 0 Å². The maximum absolute atomic E-state index is 6.24. The Morgan fingerprint density at radius 2 is 1.95 bits per heavy atom. The molecule has 102 valence electrons. The van der Waals surface area contributed by atoms with Gasteiger partial charge < -0.3 is 10.5 Å². The van der Waals surface area contributed by atoms with Gasteiger partial charge in [0.25, 0.3) is 0 Å². The van der Waals surface area contributed by atoms with E-state index in [2.05, 4.69) is 0 Å². The molecule has 0 aliphatic carbocycles. The molecule has 0 spiro atoms. The van der Waals surface area contributed by atoms with Crippen LogP contribution in [0.1, 0.15) is 23.4 Å². The molecule has 0 aliphatic rings. The van der Waals surface area contributed by atoms with E-state index in [1.807, 2.05) is 18.4 Å². The summed E-state index contributed by atoms with van der Waals surface area (Å²) >= 11 is 20.0. The Kier molecular flexibility index (Phi) is 4.98. The van der Waals surface area contributed by atoms with Crippen LogP contribution in [-0.4, -0.2) is 6.61 Å². The van der Waals surface area contributed by atoms with Crippen molar-refractivity contribution in [2.24, 2.45) is 5.73 Å². The Morgan fingerprint density at radius 1 is 1.21 bits per heavy atom. The molecule has 0 fully saturated rings. The van der Waals surface area contributed by atoms with Crippen molar-refractivity contribution in [1.29, 1.82) is 0 Å². The van der Waals surface area contributed by atoms with Crippen molar-refractivity contribution in [3.63, 3.8) is 0 Å². The lowest BCUT2D eigenvalue weighted by Gasteiger charge is -2.15. The summed E-state index contributed by atoms with van der Waals surface area (Å²) in [6.07, 6.45) is 0. The zero-order chi connectivity index (χ0) is 14.0. The molecular formula is C13H12Cl3NOS. The molecule has 2 nitrogen and oxygen atoms in total. The highest BCUT2D eigenvalue weighted by molar-refractivity contribution is 7.10. The number of hydrogen-bond acceptors (Lipinski definition) is 3. The normalized spacial score (nSPS) is 12.5. The van der Waals surface area contributed by atoms with E-state index in [-0.39, 0.29) is 0 Å². The zero-order valence-electron chi connectivity index (χ0n) is 10.1. The molecule has 0 aliphatic heterocycles. The summed E-state index contributed by atoms with van der Waals surface area (Å²) in [6.45, 7) is 2.41. The van der Waals surface area contributed by atoms with Gasteiger partial charge in [-0.15, -0.1) is 11.3 Å². The van der Waals surface area contributed by atoms with Gasteiger partial charge in [-0.05, 0) is 30.0 Å². The number of ether oxygens (including phenoxy) is 1. The highest BCUT2D eigenvalue weighted by atomic mass is 35.5. The van der Waals surface area contributed by atoms with E-state index in [0.717, 1.165) is 10.4 Å². The molecule has 1 aromatic heterocycles. The Hall–Kier alpha value is -0.450.